The topological polar surface area (TPSA) is 60.7 Å². The molecule has 0 spiro atoms. The summed E-state index contributed by atoms with van der Waals surface area (Å²) in [6.45, 7) is -0.103. The summed E-state index contributed by atoms with van der Waals surface area (Å²) in [4.78, 5) is 0. The van der Waals surface area contributed by atoms with Gasteiger partial charge >= 0.3 is 0 Å². The second-order valence-corrected chi connectivity index (χ2v) is 7.35. The van der Waals surface area contributed by atoms with E-state index in [1.807, 2.05) is 78.9 Å². The molecule has 0 radical (unpaired) electrons. The Kier molecular flexibility index (Phi) is 4.38. The standard InChI is InChI=1S/C27H20O3/c28-16-17-6-5-11-23(20-12-14-25(29)21-9-3-1-7-18(20)21)27(17)24-13-15-26(30)22-10-4-2-8-19(22)24/h1-15,28-30H,16H2. The van der Waals surface area contributed by atoms with Crippen LogP contribution in [0.2, 0.25) is 0 Å². The molecule has 0 saturated heterocycles. The number of phenolic OH excluding ortho intramolecular Hbond substituents is 2. The summed E-state index contributed by atoms with van der Waals surface area (Å²) in [6.07, 6.45) is 0. The molecule has 146 valence electrons. The third-order valence-electron chi connectivity index (χ3n) is 5.68. The summed E-state index contributed by atoms with van der Waals surface area (Å²) in [5, 5.41) is 34.2. The molecule has 5 aromatic rings. The van der Waals surface area contributed by atoms with E-state index in [1.165, 1.54) is 0 Å². The van der Waals surface area contributed by atoms with Crippen LogP contribution in [0.5, 0.6) is 11.5 Å². The van der Waals surface area contributed by atoms with Crippen LogP contribution >= 0.6 is 0 Å². The lowest BCUT2D eigenvalue weighted by Gasteiger charge is -2.18. The lowest BCUT2D eigenvalue weighted by molar-refractivity contribution is 0.282. The van der Waals surface area contributed by atoms with Crippen molar-refractivity contribution in [1.29, 1.82) is 0 Å². The number of fused-ring (bicyclic) bond motifs is 2. The molecule has 30 heavy (non-hydrogen) atoms. The molecule has 3 heteroatoms. The molecule has 3 nitrogen and oxygen atoms in total. The molecule has 3 N–H and O–H groups in total. The van der Waals surface area contributed by atoms with Crippen LogP contribution in [0.4, 0.5) is 0 Å². The molecule has 0 saturated carbocycles. The summed E-state index contributed by atoms with van der Waals surface area (Å²) >= 11 is 0. The van der Waals surface area contributed by atoms with E-state index in [2.05, 4.69) is 0 Å². The fraction of sp³-hybridized carbons (Fsp3) is 0.0370. The van der Waals surface area contributed by atoms with E-state index in [-0.39, 0.29) is 18.1 Å². The zero-order valence-corrected chi connectivity index (χ0v) is 16.2. The van der Waals surface area contributed by atoms with Crippen molar-refractivity contribution >= 4 is 21.5 Å². The SMILES string of the molecule is OCc1cccc(-c2ccc(O)c3ccccc23)c1-c1ccc(O)c2ccccc12. The number of aromatic hydroxyl groups is 2. The molecule has 0 aliphatic rings. The lowest BCUT2D eigenvalue weighted by atomic mass is 9.86. The third kappa shape index (κ3) is 2.79. The monoisotopic (exact) mass is 392 g/mol. The number of aliphatic hydroxyl groups excluding tert-OH is 1. The van der Waals surface area contributed by atoms with Gasteiger partial charge in [0.25, 0.3) is 0 Å². The first kappa shape index (κ1) is 18.2. The zero-order chi connectivity index (χ0) is 20.7. The Balaban J connectivity index is 1.90. The summed E-state index contributed by atoms with van der Waals surface area (Å²) < 4.78 is 0. The fourth-order valence-corrected chi connectivity index (χ4v) is 4.29. The van der Waals surface area contributed by atoms with E-state index >= 15 is 0 Å². The van der Waals surface area contributed by atoms with Crippen molar-refractivity contribution in [2.45, 2.75) is 6.61 Å². The first-order valence-corrected chi connectivity index (χ1v) is 9.84. The fourth-order valence-electron chi connectivity index (χ4n) is 4.29. The second-order valence-electron chi connectivity index (χ2n) is 7.35. The molecule has 0 bridgehead atoms. The number of hydrogen-bond acceptors (Lipinski definition) is 3. The quantitative estimate of drug-likeness (QED) is 0.341. The lowest BCUT2D eigenvalue weighted by Crippen LogP contribution is -1.95. The van der Waals surface area contributed by atoms with Crippen LogP contribution < -0.4 is 0 Å². The van der Waals surface area contributed by atoms with Crippen molar-refractivity contribution < 1.29 is 15.3 Å². The van der Waals surface area contributed by atoms with Gasteiger partial charge in [-0.05, 0) is 50.7 Å². The maximum absolute atomic E-state index is 10.4. The number of rotatable bonds is 3. The zero-order valence-electron chi connectivity index (χ0n) is 16.2. The van der Waals surface area contributed by atoms with Crippen molar-refractivity contribution in [3.63, 3.8) is 0 Å². The Morgan fingerprint density at radius 2 is 1.00 bits per heavy atom. The van der Waals surface area contributed by atoms with Gasteiger partial charge in [0.15, 0.2) is 0 Å². The largest absolute Gasteiger partial charge is 0.507 e. The van der Waals surface area contributed by atoms with Gasteiger partial charge in [0.05, 0.1) is 6.61 Å². The molecule has 5 rings (SSSR count). The Labute approximate surface area is 174 Å². The molecule has 0 fully saturated rings. The van der Waals surface area contributed by atoms with E-state index in [0.29, 0.717) is 0 Å². The van der Waals surface area contributed by atoms with Gasteiger partial charge in [-0.25, -0.2) is 0 Å². The molecule has 0 atom stereocenters. The van der Waals surface area contributed by atoms with Gasteiger partial charge in [-0.3, -0.25) is 0 Å². The Bertz CT molecular complexity index is 1400. The van der Waals surface area contributed by atoms with Crippen molar-refractivity contribution in [2.75, 3.05) is 0 Å². The van der Waals surface area contributed by atoms with Gasteiger partial charge in [0, 0.05) is 10.8 Å². The van der Waals surface area contributed by atoms with Crippen LogP contribution in [0.3, 0.4) is 0 Å². The molecule has 0 amide bonds. The summed E-state index contributed by atoms with van der Waals surface area (Å²) in [7, 11) is 0. The maximum atomic E-state index is 10.4. The van der Waals surface area contributed by atoms with Crippen LogP contribution in [0, 0.1) is 0 Å². The van der Waals surface area contributed by atoms with E-state index in [1.54, 1.807) is 12.1 Å². The third-order valence-corrected chi connectivity index (χ3v) is 5.68. The minimum atomic E-state index is -0.103. The Morgan fingerprint density at radius 1 is 0.467 bits per heavy atom. The van der Waals surface area contributed by atoms with E-state index < -0.39 is 0 Å². The number of hydrogen-bond donors (Lipinski definition) is 3. The number of phenols is 2. The maximum Gasteiger partial charge on any atom is 0.123 e. The first-order valence-electron chi connectivity index (χ1n) is 9.84. The number of benzene rings is 5. The van der Waals surface area contributed by atoms with Gasteiger partial charge in [-0.1, -0.05) is 78.9 Å². The van der Waals surface area contributed by atoms with Crippen LogP contribution in [0.25, 0.3) is 43.8 Å². The predicted octanol–water partition coefficient (Wildman–Crippen LogP) is 6.23. The minimum Gasteiger partial charge on any atom is -0.507 e. The highest BCUT2D eigenvalue weighted by Crippen LogP contribution is 2.43. The van der Waals surface area contributed by atoms with Crippen LogP contribution in [0.15, 0.2) is 91.0 Å². The van der Waals surface area contributed by atoms with Gasteiger partial charge in [-0.2, -0.15) is 0 Å². The van der Waals surface area contributed by atoms with Crippen molar-refractivity contribution in [3.8, 4) is 33.8 Å². The predicted molar refractivity (Wildman–Crippen MR) is 122 cm³/mol. The average molecular weight is 392 g/mol. The van der Waals surface area contributed by atoms with Crippen LogP contribution in [-0.2, 0) is 6.61 Å². The highest BCUT2D eigenvalue weighted by Gasteiger charge is 2.17. The summed E-state index contributed by atoms with van der Waals surface area (Å²) in [5.41, 5.74) is 4.62. The highest BCUT2D eigenvalue weighted by atomic mass is 16.3. The molecule has 0 aliphatic carbocycles. The van der Waals surface area contributed by atoms with E-state index in [0.717, 1.165) is 49.4 Å². The first-order chi connectivity index (χ1) is 14.7. The van der Waals surface area contributed by atoms with Gasteiger partial charge < -0.3 is 15.3 Å². The minimum absolute atomic E-state index is 0.103. The van der Waals surface area contributed by atoms with Crippen molar-refractivity contribution in [2.24, 2.45) is 0 Å². The Morgan fingerprint density at radius 3 is 1.60 bits per heavy atom. The second kappa shape index (κ2) is 7.21. The van der Waals surface area contributed by atoms with Gasteiger partial charge in [-0.15, -0.1) is 0 Å². The summed E-state index contributed by atoms with van der Waals surface area (Å²) in [5.74, 6) is 0.469. The normalized spacial score (nSPS) is 11.2. The molecular weight excluding hydrogens is 372 g/mol. The van der Waals surface area contributed by atoms with E-state index in [9.17, 15) is 15.3 Å². The van der Waals surface area contributed by atoms with Crippen LogP contribution in [-0.4, -0.2) is 15.3 Å². The highest BCUT2D eigenvalue weighted by molar-refractivity contribution is 6.07. The molecule has 0 heterocycles. The molecular formula is C27H20O3. The van der Waals surface area contributed by atoms with Gasteiger partial charge in [0.2, 0.25) is 0 Å². The molecule has 5 aromatic carbocycles. The molecule has 0 unspecified atom stereocenters. The van der Waals surface area contributed by atoms with Crippen molar-refractivity contribution in [1.82, 2.24) is 0 Å². The molecule has 0 aliphatic heterocycles. The Hall–Kier alpha value is -3.82. The van der Waals surface area contributed by atoms with Gasteiger partial charge in [0.1, 0.15) is 11.5 Å². The number of aliphatic hydroxyl groups is 1. The van der Waals surface area contributed by atoms with Crippen molar-refractivity contribution in [3.05, 3.63) is 96.6 Å². The summed E-state index contributed by atoms with van der Waals surface area (Å²) in [6, 6.07) is 28.6. The smallest absolute Gasteiger partial charge is 0.123 e. The average Bonchev–Trinajstić information content (AvgIpc) is 2.80. The molecule has 0 aromatic heterocycles. The van der Waals surface area contributed by atoms with E-state index in [4.69, 9.17) is 0 Å². The van der Waals surface area contributed by atoms with Crippen LogP contribution in [0.1, 0.15) is 5.56 Å².